The molecule has 1 aromatic rings. The minimum atomic E-state index is 0.923. The minimum absolute atomic E-state index is 0.923. The van der Waals surface area contributed by atoms with Gasteiger partial charge in [-0.1, -0.05) is 42.6 Å². The number of thiocarbonyl (C=S) groups is 1. The maximum absolute atomic E-state index is 4.85. The highest BCUT2D eigenvalue weighted by molar-refractivity contribution is 7.79. The molecule has 0 bridgehead atoms. The number of hydrogen-bond donors (Lipinski definition) is 0. The van der Waals surface area contributed by atoms with Crippen molar-refractivity contribution in [2.75, 3.05) is 0 Å². The average molecular weight is 174 g/mol. The van der Waals surface area contributed by atoms with Crippen molar-refractivity contribution >= 4 is 23.2 Å². The van der Waals surface area contributed by atoms with Crippen LogP contribution in [0.25, 0.3) is 5.57 Å². The van der Waals surface area contributed by atoms with Gasteiger partial charge in [0.2, 0.25) is 0 Å². The van der Waals surface area contributed by atoms with Crippen LogP contribution in [0.5, 0.6) is 0 Å². The molecule has 0 N–H and O–H groups in total. The van der Waals surface area contributed by atoms with Crippen LogP contribution in [0.15, 0.2) is 30.3 Å². The van der Waals surface area contributed by atoms with Crippen LogP contribution in [0.2, 0.25) is 0 Å². The van der Waals surface area contributed by atoms with E-state index in [-0.39, 0.29) is 0 Å². The topological polar surface area (TPSA) is 0 Å². The summed E-state index contributed by atoms with van der Waals surface area (Å²) in [5.74, 6) is 0. The summed E-state index contributed by atoms with van der Waals surface area (Å²) in [6.45, 7) is 0. The molecule has 1 aliphatic rings. The first-order chi connectivity index (χ1) is 5.92. The van der Waals surface area contributed by atoms with Crippen molar-refractivity contribution < 1.29 is 0 Å². The maximum atomic E-state index is 4.85. The number of benzene rings is 1. The van der Waals surface area contributed by atoms with Crippen molar-refractivity contribution in [2.24, 2.45) is 0 Å². The van der Waals surface area contributed by atoms with Crippen molar-refractivity contribution in [1.29, 1.82) is 0 Å². The summed E-state index contributed by atoms with van der Waals surface area (Å²) in [6.07, 6.45) is 4.27. The van der Waals surface area contributed by atoms with Gasteiger partial charge in [0.05, 0.1) is 0 Å². The highest BCUT2D eigenvalue weighted by Crippen LogP contribution is 2.28. The summed E-state index contributed by atoms with van der Waals surface area (Å²) < 4.78 is 0. The fraction of sp³-hybridized carbons (Fsp3) is 0.182. The lowest BCUT2D eigenvalue weighted by Crippen LogP contribution is -1.83. The van der Waals surface area contributed by atoms with Gasteiger partial charge < -0.3 is 0 Å². The zero-order chi connectivity index (χ0) is 8.39. The van der Waals surface area contributed by atoms with E-state index in [4.69, 9.17) is 12.2 Å². The third-order valence-corrected chi connectivity index (χ3v) is 2.40. The molecule has 60 valence electrons. The SMILES string of the molecule is S=CCC1=CCc2ccccc21. The van der Waals surface area contributed by atoms with E-state index in [1.54, 1.807) is 5.37 Å². The first kappa shape index (κ1) is 7.69. The summed E-state index contributed by atoms with van der Waals surface area (Å²) in [6, 6.07) is 8.53. The molecule has 0 aliphatic heterocycles. The van der Waals surface area contributed by atoms with Gasteiger partial charge in [0.25, 0.3) is 0 Å². The van der Waals surface area contributed by atoms with Gasteiger partial charge >= 0.3 is 0 Å². The molecule has 0 atom stereocenters. The Bertz CT molecular complexity index is 337. The van der Waals surface area contributed by atoms with Crippen LogP contribution in [0, 0.1) is 0 Å². The van der Waals surface area contributed by atoms with Gasteiger partial charge in [-0.25, -0.2) is 0 Å². The molecule has 0 fully saturated rings. The van der Waals surface area contributed by atoms with Gasteiger partial charge in [0, 0.05) is 6.42 Å². The van der Waals surface area contributed by atoms with Crippen LogP contribution >= 0.6 is 12.2 Å². The van der Waals surface area contributed by atoms with Crippen molar-refractivity contribution in [3.05, 3.63) is 41.5 Å². The van der Waals surface area contributed by atoms with Crippen LogP contribution in [-0.2, 0) is 6.42 Å². The molecule has 0 heterocycles. The van der Waals surface area contributed by atoms with Gasteiger partial charge in [-0.15, -0.1) is 0 Å². The lowest BCUT2D eigenvalue weighted by Gasteiger charge is -2.00. The monoisotopic (exact) mass is 174 g/mol. The Kier molecular flexibility index (Phi) is 2.05. The molecule has 1 aromatic carbocycles. The predicted octanol–water partition coefficient (Wildman–Crippen LogP) is 3.02. The smallest absolute Gasteiger partial charge is 0.00107 e. The second kappa shape index (κ2) is 3.20. The number of rotatable bonds is 2. The molecule has 0 saturated carbocycles. The molecule has 0 spiro atoms. The van der Waals surface area contributed by atoms with E-state index in [0.717, 1.165) is 12.8 Å². The average Bonchev–Trinajstić information content (AvgIpc) is 2.50. The van der Waals surface area contributed by atoms with E-state index in [1.807, 2.05) is 0 Å². The molecule has 0 aromatic heterocycles. The minimum Gasteiger partial charge on any atom is -0.0931 e. The van der Waals surface area contributed by atoms with E-state index in [2.05, 4.69) is 30.3 Å². The predicted molar refractivity (Wildman–Crippen MR) is 56.4 cm³/mol. The zero-order valence-corrected chi connectivity index (χ0v) is 7.60. The summed E-state index contributed by atoms with van der Waals surface area (Å²) in [5.41, 5.74) is 4.21. The maximum Gasteiger partial charge on any atom is 0.00107 e. The summed E-state index contributed by atoms with van der Waals surface area (Å²) >= 11 is 4.85. The molecule has 1 heteroatoms. The van der Waals surface area contributed by atoms with Crippen LogP contribution in [0.4, 0.5) is 0 Å². The third kappa shape index (κ3) is 1.21. The van der Waals surface area contributed by atoms with Gasteiger partial charge in [-0.3, -0.25) is 0 Å². The molecule has 0 amide bonds. The first-order valence-electron chi connectivity index (χ1n) is 4.13. The number of hydrogen-bond acceptors (Lipinski definition) is 1. The molecule has 0 radical (unpaired) electrons. The standard InChI is InChI=1S/C11H10S/c12-8-7-10-6-5-9-3-1-2-4-11(9)10/h1-4,6,8H,5,7H2. The fourth-order valence-electron chi connectivity index (χ4n) is 1.64. The van der Waals surface area contributed by atoms with Gasteiger partial charge in [-0.2, -0.15) is 0 Å². The van der Waals surface area contributed by atoms with E-state index < -0.39 is 0 Å². The second-order valence-corrected chi connectivity index (χ2v) is 3.29. The van der Waals surface area contributed by atoms with Gasteiger partial charge in [-0.05, 0) is 28.5 Å². The molecular weight excluding hydrogens is 164 g/mol. The number of fused-ring (bicyclic) bond motifs is 1. The van der Waals surface area contributed by atoms with E-state index in [1.165, 1.54) is 16.7 Å². The Labute approximate surface area is 77.9 Å². The quantitative estimate of drug-likeness (QED) is 0.621. The Balaban J connectivity index is 2.38. The molecule has 0 saturated heterocycles. The summed E-state index contributed by atoms with van der Waals surface area (Å²) in [7, 11) is 0. The van der Waals surface area contributed by atoms with Crippen molar-refractivity contribution in [3.8, 4) is 0 Å². The second-order valence-electron chi connectivity index (χ2n) is 2.96. The van der Waals surface area contributed by atoms with E-state index in [9.17, 15) is 0 Å². The van der Waals surface area contributed by atoms with E-state index in [0.29, 0.717) is 0 Å². The summed E-state index contributed by atoms with van der Waals surface area (Å²) in [5, 5.41) is 1.80. The molecule has 2 rings (SSSR count). The Hall–Kier alpha value is -0.950. The summed E-state index contributed by atoms with van der Waals surface area (Å²) in [4.78, 5) is 0. The Morgan fingerprint density at radius 3 is 3.00 bits per heavy atom. The zero-order valence-electron chi connectivity index (χ0n) is 6.79. The van der Waals surface area contributed by atoms with Crippen LogP contribution in [0.3, 0.4) is 0 Å². The van der Waals surface area contributed by atoms with Crippen molar-refractivity contribution in [1.82, 2.24) is 0 Å². The van der Waals surface area contributed by atoms with Gasteiger partial charge in [0.1, 0.15) is 0 Å². The van der Waals surface area contributed by atoms with Crippen LogP contribution < -0.4 is 0 Å². The lowest BCUT2D eigenvalue weighted by atomic mass is 10.0. The molecule has 12 heavy (non-hydrogen) atoms. The highest BCUT2D eigenvalue weighted by Gasteiger charge is 2.10. The highest BCUT2D eigenvalue weighted by atomic mass is 32.1. The first-order valence-corrected chi connectivity index (χ1v) is 4.60. The molecule has 1 aliphatic carbocycles. The molecule has 0 unspecified atom stereocenters. The normalized spacial score (nSPS) is 13.8. The number of allylic oxidation sites excluding steroid dienone is 2. The third-order valence-electron chi connectivity index (χ3n) is 2.23. The van der Waals surface area contributed by atoms with Gasteiger partial charge in [0.15, 0.2) is 0 Å². The lowest BCUT2D eigenvalue weighted by molar-refractivity contribution is 1.31. The Morgan fingerprint density at radius 2 is 2.17 bits per heavy atom. The van der Waals surface area contributed by atoms with Crippen molar-refractivity contribution in [2.45, 2.75) is 12.8 Å². The van der Waals surface area contributed by atoms with Crippen molar-refractivity contribution in [3.63, 3.8) is 0 Å². The Morgan fingerprint density at radius 1 is 1.33 bits per heavy atom. The largest absolute Gasteiger partial charge is 0.0931 e. The molecule has 0 nitrogen and oxygen atoms in total. The van der Waals surface area contributed by atoms with Crippen LogP contribution in [-0.4, -0.2) is 5.37 Å². The molecular formula is C11H10S. The van der Waals surface area contributed by atoms with E-state index >= 15 is 0 Å². The van der Waals surface area contributed by atoms with Crippen LogP contribution in [0.1, 0.15) is 17.5 Å². The fourth-order valence-corrected chi connectivity index (χ4v) is 1.82.